The highest BCUT2D eigenvalue weighted by Gasteiger charge is 2.30. The maximum atomic E-state index is 12.4. The summed E-state index contributed by atoms with van der Waals surface area (Å²) in [4.78, 5) is 12.4. The quantitative estimate of drug-likeness (QED) is 0.615. The van der Waals surface area contributed by atoms with Gasteiger partial charge in [0.2, 0.25) is 0 Å². The molecule has 1 atom stereocenters. The Bertz CT molecular complexity index is 914. The summed E-state index contributed by atoms with van der Waals surface area (Å²) in [5, 5.41) is 7.55. The summed E-state index contributed by atoms with van der Waals surface area (Å²) in [5.74, 6) is 0. The molecule has 0 bridgehead atoms. The van der Waals surface area contributed by atoms with Crippen LogP contribution < -0.4 is 10.6 Å². The van der Waals surface area contributed by atoms with E-state index < -0.39 is 0 Å². The van der Waals surface area contributed by atoms with Crippen molar-refractivity contribution >= 4 is 35.3 Å². The fourth-order valence-electron chi connectivity index (χ4n) is 3.75. The van der Waals surface area contributed by atoms with Crippen LogP contribution in [0.1, 0.15) is 42.9 Å². The molecule has 0 spiro atoms. The minimum atomic E-state index is -0.169. The van der Waals surface area contributed by atoms with E-state index in [0.717, 1.165) is 47.5 Å². The van der Waals surface area contributed by atoms with Gasteiger partial charge in [0.15, 0.2) is 0 Å². The van der Waals surface area contributed by atoms with Gasteiger partial charge in [-0.3, -0.25) is 0 Å². The Hall–Kier alpha value is -2.23. The SMILES string of the molecule is O=C1NC2=C(CCCC/C2=C\c2ccc(Cl)cc2)C(c2ccc(Cl)cc2)N1. The normalized spacial score (nSPS) is 21.3. The maximum Gasteiger partial charge on any atom is 0.319 e. The molecule has 2 aromatic rings. The molecule has 1 unspecified atom stereocenters. The van der Waals surface area contributed by atoms with Crippen LogP contribution in [0.2, 0.25) is 10.0 Å². The number of amides is 2. The van der Waals surface area contributed by atoms with E-state index in [9.17, 15) is 4.79 Å². The molecule has 1 aliphatic heterocycles. The van der Waals surface area contributed by atoms with Crippen LogP contribution in [-0.4, -0.2) is 6.03 Å². The first kappa shape index (κ1) is 18.1. The molecule has 0 fully saturated rings. The van der Waals surface area contributed by atoms with E-state index in [1.807, 2.05) is 48.5 Å². The van der Waals surface area contributed by atoms with Crippen LogP contribution in [0.5, 0.6) is 0 Å². The van der Waals surface area contributed by atoms with Crippen LogP contribution in [-0.2, 0) is 0 Å². The minimum Gasteiger partial charge on any atom is -0.327 e. The smallest absolute Gasteiger partial charge is 0.319 e. The molecule has 2 amide bonds. The van der Waals surface area contributed by atoms with Crippen molar-refractivity contribution in [3.63, 3.8) is 0 Å². The molecule has 0 radical (unpaired) electrons. The molecular weight excluding hydrogens is 379 g/mol. The number of halogens is 2. The van der Waals surface area contributed by atoms with E-state index in [1.54, 1.807) is 0 Å². The van der Waals surface area contributed by atoms with Gasteiger partial charge in [0, 0.05) is 15.7 Å². The van der Waals surface area contributed by atoms with Crippen molar-refractivity contribution in [2.75, 3.05) is 0 Å². The van der Waals surface area contributed by atoms with Crippen molar-refractivity contribution in [2.24, 2.45) is 0 Å². The van der Waals surface area contributed by atoms with Crippen LogP contribution in [0.25, 0.3) is 6.08 Å². The van der Waals surface area contributed by atoms with Gasteiger partial charge in [0.25, 0.3) is 0 Å². The summed E-state index contributed by atoms with van der Waals surface area (Å²) in [6.45, 7) is 0. The number of benzene rings is 2. The molecule has 2 N–H and O–H groups in total. The van der Waals surface area contributed by atoms with Crippen LogP contribution in [0.4, 0.5) is 4.79 Å². The van der Waals surface area contributed by atoms with E-state index in [0.29, 0.717) is 5.02 Å². The zero-order chi connectivity index (χ0) is 18.8. The van der Waals surface area contributed by atoms with Crippen molar-refractivity contribution in [3.8, 4) is 0 Å². The average molecular weight is 399 g/mol. The summed E-state index contributed by atoms with van der Waals surface area (Å²) in [6, 6.07) is 15.2. The average Bonchev–Trinajstić information content (AvgIpc) is 2.86. The number of hydrogen-bond donors (Lipinski definition) is 2. The highest BCUT2D eigenvalue weighted by Crippen LogP contribution is 2.37. The van der Waals surface area contributed by atoms with Crippen LogP contribution in [0.3, 0.4) is 0 Å². The number of urea groups is 1. The monoisotopic (exact) mass is 398 g/mol. The highest BCUT2D eigenvalue weighted by atomic mass is 35.5. The van der Waals surface area contributed by atoms with Crippen molar-refractivity contribution in [3.05, 3.63) is 86.5 Å². The summed E-state index contributed by atoms with van der Waals surface area (Å²) in [7, 11) is 0. The molecule has 0 saturated carbocycles. The standard InChI is InChI=1S/C22H20Cl2N2O/c23-17-9-5-14(6-10-17)13-16-3-1-2-4-19-20(25-22(27)26-21(16)19)15-7-11-18(24)12-8-15/h5-13,20H,1-4H2,(H2,25,26,27)/b16-13+. The zero-order valence-corrected chi connectivity index (χ0v) is 16.3. The number of allylic oxidation sites excluding steroid dienone is 1. The lowest BCUT2D eigenvalue weighted by Crippen LogP contribution is -2.44. The third-order valence-electron chi connectivity index (χ3n) is 5.06. The summed E-state index contributed by atoms with van der Waals surface area (Å²) < 4.78 is 0. The number of carbonyl (C=O) groups is 1. The van der Waals surface area contributed by atoms with Gasteiger partial charge in [-0.2, -0.15) is 0 Å². The first-order valence-corrected chi connectivity index (χ1v) is 9.88. The lowest BCUT2D eigenvalue weighted by molar-refractivity contribution is 0.238. The van der Waals surface area contributed by atoms with Gasteiger partial charge in [-0.25, -0.2) is 4.79 Å². The predicted molar refractivity (Wildman–Crippen MR) is 111 cm³/mol. The first-order chi connectivity index (χ1) is 13.1. The molecule has 4 rings (SSSR count). The summed E-state index contributed by atoms with van der Waals surface area (Å²) in [6.07, 6.45) is 6.23. The van der Waals surface area contributed by atoms with E-state index in [1.165, 1.54) is 11.1 Å². The van der Waals surface area contributed by atoms with Crippen molar-refractivity contribution in [2.45, 2.75) is 31.7 Å². The first-order valence-electron chi connectivity index (χ1n) is 9.13. The van der Waals surface area contributed by atoms with Crippen LogP contribution >= 0.6 is 23.2 Å². The van der Waals surface area contributed by atoms with Gasteiger partial charge in [0.05, 0.1) is 6.04 Å². The fourth-order valence-corrected chi connectivity index (χ4v) is 4.00. The minimum absolute atomic E-state index is 0.127. The predicted octanol–water partition coefficient (Wildman–Crippen LogP) is 6.26. The Morgan fingerprint density at radius 2 is 1.52 bits per heavy atom. The van der Waals surface area contributed by atoms with Gasteiger partial charge in [-0.1, -0.05) is 47.5 Å². The van der Waals surface area contributed by atoms with Gasteiger partial charge >= 0.3 is 6.03 Å². The van der Waals surface area contributed by atoms with E-state index >= 15 is 0 Å². The molecular formula is C22H20Cl2N2O. The molecule has 2 aliphatic rings. The largest absolute Gasteiger partial charge is 0.327 e. The molecule has 0 saturated heterocycles. The second kappa shape index (κ2) is 7.79. The van der Waals surface area contributed by atoms with Gasteiger partial charge in [0.1, 0.15) is 0 Å². The molecule has 0 aromatic heterocycles. The second-order valence-corrected chi connectivity index (χ2v) is 7.78. The van der Waals surface area contributed by atoms with Gasteiger partial charge in [-0.15, -0.1) is 0 Å². The molecule has 1 aliphatic carbocycles. The van der Waals surface area contributed by atoms with Crippen molar-refractivity contribution in [1.29, 1.82) is 0 Å². The Labute approximate surface area is 169 Å². The fraction of sp³-hybridized carbons (Fsp3) is 0.227. The second-order valence-electron chi connectivity index (χ2n) is 6.91. The topological polar surface area (TPSA) is 41.1 Å². The van der Waals surface area contributed by atoms with Crippen LogP contribution in [0.15, 0.2) is 65.4 Å². The third-order valence-corrected chi connectivity index (χ3v) is 5.57. The van der Waals surface area contributed by atoms with Crippen molar-refractivity contribution < 1.29 is 4.79 Å². The van der Waals surface area contributed by atoms with Gasteiger partial charge in [-0.05, 0) is 78.3 Å². The van der Waals surface area contributed by atoms with E-state index in [-0.39, 0.29) is 12.1 Å². The van der Waals surface area contributed by atoms with E-state index in [2.05, 4.69) is 16.7 Å². The lowest BCUT2D eigenvalue weighted by atomic mass is 9.91. The van der Waals surface area contributed by atoms with Gasteiger partial charge < -0.3 is 10.6 Å². The maximum absolute atomic E-state index is 12.4. The Balaban J connectivity index is 1.77. The Morgan fingerprint density at radius 3 is 2.22 bits per heavy atom. The lowest BCUT2D eigenvalue weighted by Gasteiger charge is -2.30. The number of rotatable bonds is 2. The Kier molecular flexibility index (Phi) is 5.24. The molecule has 3 nitrogen and oxygen atoms in total. The molecule has 138 valence electrons. The highest BCUT2D eigenvalue weighted by molar-refractivity contribution is 6.30. The number of carbonyl (C=O) groups excluding carboxylic acids is 1. The molecule has 5 heteroatoms. The summed E-state index contributed by atoms with van der Waals surface area (Å²) >= 11 is 12.0. The third kappa shape index (κ3) is 4.05. The zero-order valence-electron chi connectivity index (χ0n) is 14.8. The Morgan fingerprint density at radius 1 is 0.889 bits per heavy atom. The molecule has 1 heterocycles. The van der Waals surface area contributed by atoms with Crippen LogP contribution in [0, 0.1) is 0 Å². The number of nitrogens with one attached hydrogen (secondary N) is 2. The van der Waals surface area contributed by atoms with Crippen molar-refractivity contribution in [1.82, 2.24) is 10.6 Å². The molecule has 27 heavy (non-hydrogen) atoms. The summed E-state index contributed by atoms with van der Waals surface area (Å²) in [5.41, 5.74) is 5.49. The number of hydrogen-bond acceptors (Lipinski definition) is 1. The van der Waals surface area contributed by atoms with E-state index in [4.69, 9.17) is 23.2 Å². The molecule has 2 aromatic carbocycles.